The van der Waals surface area contributed by atoms with Crippen molar-refractivity contribution in [3.05, 3.63) is 59.2 Å². The van der Waals surface area contributed by atoms with Crippen LogP contribution in [-0.2, 0) is 0 Å². The Bertz CT molecular complexity index is 578. The topological polar surface area (TPSA) is 38.7 Å². The highest BCUT2D eigenvalue weighted by Crippen LogP contribution is 2.26. The summed E-state index contributed by atoms with van der Waals surface area (Å²) in [7, 11) is 1.59. The molecule has 0 aliphatic heterocycles. The quantitative estimate of drug-likeness (QED) is 0.906. The normalized spacial score (nSPS) is 12.0. The minimum absolute atomic E-state index is 0.199. The molecule has 0 fully saturated rings. The van der Waals surface area contributed by atoms with Crippen LogP contribution in [0.15, 0.2) is 42.5 Å². The van der Waals surface area contributed by atoms with Gasteiger partial charge in [0.2, 0.25) is 0 Å². The minimum atomic E-state index is -0.716. The van der Waals surface area contributed by atoms with Gasteiger partial charge in [-0.05, 0) is 31.5 Å². The summed E-state index contributed by atoms with van der Waals surface area (Å²) in [5.74, 6) is 1.47. The van der Waals surface area contributed by atoms with Crippen LogP contribution in [0.5, 0.6) is 11.5 Å². The molecule has 0 aliphatic carbocycles. The highest BCUT2D eigenvalue weighted by Gasteiger charge is 2.13. The van der Waals surface area contributed by atoms with E-state index in [9.17, 15) is 5.11 Å². The molecular weight excluding hydrogens is 252 g/mol. The van der Waals surface area contributed by atoms with Gasteiger partial charge in [0.1, 0.15) is 24.2 Å². The van der Waals surface area contributed by atoms with Gasteiger partial charge in [0.15, 0.2) is 0 Å². The first-order valence-electron chi connectivity index (χ1n) is 6.63. The average Bonchev–Trinajstić information content (AvgIpc) is 2.46. The SMILES string of the molecule is COc1ccccc1C(O)COc1ccc(C)cc1C. The van der Waals surface area contributed by atoms with E-state index in [0.717, 1.165) is 16.9 Å². The second-order valence-corrected chi connectivity index (χ2v) is 4.84. The van der Waals surface area contributed by atoms with Crippen LogP contribution in [0, 0.1) is 13.8 Å². The molecule has 0 spiro atoms. The Morgan fingerprint density at radius 1 is 1.05 bits per heavy atom. The molecule has 2 rings (SSSR count). The maximum absolute atomic E-state index is 10.2. The van der Waals surface area contributed by atoms with E-state index >= 15 is 0 Å². The molecule has 3 heteroatoms. The van der Waals surface area contributed by atoms with Gasteiger partial charge in [-0.2, -0.15) is 0 Å². The Hall–Kier alpha value is -2.00. The zero-order valence-electron chi connectivity index (χ0n) is 12.1. The summed E-state index contributed by atoms with van der Waals surface area (Å²) >= 11 is 0. The standard InChI is InChI=1S/C17H20O3/c1-12-8-9-16(13(2)10-12)20-11-15(18)14-6-4-5-7-17(14)19-3/h4-10,15,18H,11H2,1-3H3. The van der Waals surface area contributed by atoms with Crippen LogP contribution in [0.1, 0.15) is 22.8 Å². The van der Waals surface area contributed by atoms with Gasteiger partial charge < -0.3 is 14.6 Å². The van der Waals surface area contributed by atoms with Gasteiger partial charge in [-0.15, -0.1) is 0 Å². The van der Waals surface area contributed by atoms with Crippen molar-refractivity contribution in [2.24, 2.45) is 0 Å². The first-order chi connectivity index (χ1) is 9.61. The molecule has 0 radical (unpaired) electrons. The van der Waals surface area contributed by atoms with E-state index in [1.54, 1.807) is 7.11 Å². The predicted molar refractivity (Wildman–Crippen MR) is 79.4 cm³/mol. The van der Waals surface area contributed by atoms with Crippen molar-refractivity contribution in [3.63, 3.8) is 0 Å². The highest BCUT2D eigenvalue weighted by atomic mass is 16.5. The predicted octanol–water partition coefficient (Wildman–Crippen LogP) is 3.42. The molecule has 0 saturated heterocycles. The number of ether oxygens (including phenoxy) is 2. The monoisotopic (exact) mass is 272 g/mol. The molecule has 106 valence electrons. The Morgan fingerprint density at radius 3 is 2.50 bits per heavy atom. The van der Waals surface area contributed by atoms with E-state index in [2.05, 4.69) is 6.07 Å². The Kier molecular flexibility index (Phi) is 4.64. The van der Waals surface area contributed by atoms with Crippen LogP contribution >= 0.6 is 0 Å². The highest BCUT2D eigenvalue weighted by molar-refractivity contribution is 5.37. The first kappa shape index (κ1) is 14.4. The number of aliphatic hydroxyl groups excluding tert-OH is 1. The van der Waals surface area contributed by atoms with E-state index in [0.29, 0.717) is 5.75 Å². The van der Waals surface area contributed by atoms with Gasteiger partial charge in [-0.25, -0.2) is 0 Å². The molecule has 2 aromatic rings. The van der Waals surface area contributed by atoms with E-state index < -0.39 is 6.10 Å². The van der Waals surface area contributed by atoms with Crippen LogP contribution in [0.3, 0.4) is 0 Å². The van der Waals surface area contributed by atoms with Crippen molar-refractivity contribution >= 4 is 0 Å². The number of hydrogen-bond donors (Lipinski definition) is 1. The second kappa shape index (κ2) is 6.44. The zero-order valence-corrected chi connectivity index (χ0v) is 12.1. The zero-order chi connectivity index (χ0) is 14.5. The summed E-state index contributed by atoms with van der Waals surface area (Å²) in [6.45, 7) is 4.24. The van der Waals surface area contributed by atoms with Crippen molar-refractivity contribution < 1.29 is 14.6 Å². The molecular formula is C17H20O3. The third-order valence-electron chi connectivity index (χ3n) is 3.23. The Labute approximate surface area is 119 Å². The first-order valence-corrected chi connectivity index (χ1v) is 6.63. The lowest BCUT2D eigenvalue weighted by Crippen LogP contribution is -2.11. The number of para-hydroxylation sites is 1. The Balaban J connectivity index is 2.06. The molecule has 0 amide bonds. The molecule has 1 unspecified atom stereocenters. The van der Waals surface area contributed by atoms with Gasteiger partial charge in [-0.1, -0.05) is 35.9 Å². The number of rotatable bonds is 5. The van der Waals surface area contributed by atoms with Gasteiger partial charge in [0, 0.05) is 5.56 Å². The van der Waals surface area contributed by atoms with Crippen molar-refractivity contribution in [1.82, 2.24) is 0 Å². The van der Waals surface area contributed by atoms with Crippen LogP contribution in [-0.4, -0.2) is 18.8 Å². The van der Waals surface area contributed by atoms with Crippen molar-refractivity contribution in [2.45, 2.75) is 20.0 Å². The van der Waals surface area contributed by atoms with Crippen LogP contribution in [0.4, 0.5) is 0 Å². The fourth-order valence-electron chi connectivity index (χ4n) is 2.16. The van der Waals surface area contributed by atoms with Crippen molar-refractivity contribution in [1.29, 1.82) is 0 Å². The smallest absolute Gasteiger partial charge is 0.124 e. The number of aliphatic hydroxyl groups is 1. The van der Waals surface area contributed by atoms with Crippen LogP contribution in [0.25, 0.3) is 0 Å². The Morgan fingerprint density at radius 2 is 1.80 bits per heavy atom. The minimum Gasteiger partial charge on any atom is -0.496 e. The molecule has 0 aromatic heterocycles. The fourth-order valence-corrected chi connectivity index (χ4v) is 2.16. The molecule has 0 heterocycles. The summed E-state index contributed by atoms with van der Waals surface area (Å²) in [4.78, 5) is 0. The summed E-state index contributed by atoms with van der Waals surface area (Å²) in [6, 6.07) is 13.4. The number of methoxy groups -OCH3 is 1. The fraction of sp³-hybridized carbons (Fsp3) is 0.294. The van der Waals surface area contributed by atoms with E-state index in [4.69, 9.17) is 9.47 Å². The molecule has 0 saturated carbocycles. The maximum atomic E-state index is 10.2. The maximum Gasteiger partial charge on any atom is 0.124 e. The van der Waals surface area contributed by atoms with Crippen LogP contribution in [0.2, 0.25) is 0 Å². The van der Waals surface area contributed by atoms with Crippen molar-refractivity contribution in [3.8, 4) is 11.5 Å². The average molecular weight is 272 g/mol. The molecule has 20 heavy (non-hydrogen) atoms. The molecule has 0 bridgehead atoms. The number of benzene rings is 2. The molecule has 1 N–H and O–H groups in total. The van der Waals surface area contributed by atoms with Gasteiger partial charge in [0.05, 0.1) is 7.11 Å². The summed E-state index contributed by atoms with van der Waals surface area (Å²) in [5, 5.41) is 10.2. The molecule has 2 aromatic carbocycles. The van der Waals surface area contributed by atoms with Gasteiger partial charge in [-0.3, -0.25) is 0 Å². The lowest BCUT2D eigenvalue weighted by molar-refractivity contribution is 0.105. The van der Waals surface area contributed by atoms with E-state index in [-0.39, 0.29) is 6.61 Å². The second-order valence-electron chi connectivity index (χ2n) is 4.84. The molecule has 3 nitrogen and oxygen atoms in total. The van der Waals surface area contributed by atoms with E-state index in [1.165, 1.54) is 5.56 Å². The van der Waals surface area contributed by atoms with Crippen LogP contribution < -0.4 is 9.47 Å². The van der Waals surface area contributed by atoms with E-state index in [1.807, 2.05) is 50.2 Å². The summed E-state index contributed by atoms with van der Waals surface area (Å²) < 4.78 is 10.9. The van der Waals surface area contributed by atoms with Crippen molar-refractivity contribution in [2.75, 3.05) is 13.7 Å². The largest absolute Gasteiger partial charge is 0.496 e. The third kappa shape index (κ3) is 3.31. The number of aryl methyl sites for hydroxylation is 2. The van der Waals surface area contributed by atoms with Gasteiger partial charge in [0.25, 0.3) is 0 Å². The van der Waals surface area contributed by atoms with Gasteiger partial charge >= 0.3 is 0 Å². The lowest BCUT2D eigenvalue weighted by atomic mass is 10.1. The third-order valence-corrected chi connectivity index (χ3v) is 3.23. The number of hydrogen-bond acceptors (Lipinski definition) is 3. The molecule has 1 atom stereocenters. The lowest BCUT2D eigenvalue weighted by Gasteiger charge is -2.16. The summed E-state index contributed by atoms with van der Waals surface area (Å²) in [5.41, 5.74) is 3.00. The summed E-state index contributed by atoms with van der Waals surface area (Å²) in [6.07, 6.45) is -0.716. The molecule has 0 aliphatic rings.